The molecular formula is C12H12BrF4NO. The Bertz CT molecular complexity index is 462. The Morgan fingerprint density at radius 3 is 2.47 bits per heavy atom. The molecule has 1 rings (SSSR count). The molecular weight excluding hydrogens is 330 g/mol. The third-order valence-electron chi connectivity index (χ3n) is 2.32. The van der Waals surface area contributed by atoms with Crippen molar-refractivity contribution < 1.29 is 22.4 Å². The van der Waals surface area contributed by atoms with Gasteiger partial charge in [-0.1, -0.05) is 6.92 Å². The molecule has 0 bridgehead atoms. The van der Waals surface area contributed by atoms with Crippen LogP contribution < -0.4 is 0 Å². The fourth-order valence-electron chi connectivity index (χ4n) is 1.55. The number of hydrogen-bond donors (Lipinski definition) is 0. The molecule has 0 fully saturated rings. The molecule has 0 atom stereocenters. The number of halogens is 5. The number of hydrogen-bond acceptors (Lipinski definition) is 1. The van der Waals surface area contributed by atoms with Crippen molar-refractivity contribution in [3.05, 3.63) is 34.1 Å². The number of amides is 1. The molecule has 1 aromatic rings. The van der Waals surface area contributed by atoms with E-state index in [1.807, 2.05) is 0 Å². The average molecular weight is 342 g/mol. The van der Waals surface area contributed by atoms with E-state index < -0.39 is 24.4 Å². The highest BCUT2D eigenvalue weighted by atomic mass is 79.9. The third-order valence-corrected chi connectivity index (χ3v) is 2.96. The predicted octanol–water partition coefficient (Wildman–Crippen LogP) is 4.00. The number of carbonyl (C=O) groups is 1. The Morgan fingerprint density at radius 2 is 2.00 bits per heavy atom. The summed E-state index contributed by atoms with van der Waals surface area (Å²) < 4.78 is 50.6. The van der Waals surface area contributed by atoms with Crippen molar-refractivity contribution in [3.8, 4) is 0 Å². The lowest BCUT2D eigenvalue weighted by atomic mass is 10.2. The maximum absolute atomic E-state index is 13.3. The van der Waals surface area contributed by atoms with Crippen LogP contribution in [0.3, 0.4) is 0 Å². The Balaban J connectivity index is 2.95. The number of nitrogens with zero attached hydrogens (tertiary/aromatic N) is 1. The van der Waals surface area contributed by atoms with Gasteiger partial charge in [0.25, 0.3) is 5.91 Å². The molecule has 0 N–H and O–H groups in total. The van der Waals surface area contributed by atoms with E-state index in [-0.39, 0.29) is 16.6 Å². The fraction of sp³-hybridized carbons (Fsp3) is 0.417. The molecule has 0 aromatic heterocycles. The van der Waals surface area contributed by atoms with Crippen LogP contribution in [0.25, 0.3) is 0 Å². The Kier molecular flexibility index (Phi) is 5.34. The van der Waals surface area contributed by atoms with Crippen LogP contribution in [0.1, 0.15) is 23.7 Å². The molecule has 0 aliphatic carbocycles. The maximum atomic E-state index is 13.3. The summed E-state index contributed by atoms with van der Waals surface area (Å²) in [6.07, 6.45) is -4.08. The lowest BCUT2D eigenvalue weighted by molar-refractivity contribution is -0.140. The zero-order valence-corrected chi connectivity index (χ0v) is 11.7. The van der Waals surface area contributed by atoms with Crippen LogP contribution in [0.2, 0.25) is 0 Å². The van der Waals surface area contributed by atoms with Gasteiger partial charge in [-0.15, -0.1) is 0 Å². The number of benzene rings is 1. The van der Waals surface area contributed by atoms with Gasteiger partial charge < -0.3 is 4.90 Å². The summed E-state index contributed by atoms with van der Waals surface area (Å²) in [4.78, 5) is 12.6. The molecule has 1 aromatic carbocycles. The van der Waals surface area contributed by atoms with Crippen molar-refractivity contribution in [1.82, 2.24) is 4.90 Å². The molecule has 0 aliphatic rings. The summed E-state index contributed by atoms with van der Waals surface area (Å²) in [5.74, 6) is -1.51. The molecule has 19 heavy (non-hydrogen) atoms. The van der Waals surface area contributed by atoms with E-state index in [4.69, 9.17) is 0 Å². The second-order valence-electron chi connectivity index (χ2n) is 3.97. The minimum Gasteiger partial charge on any atom is -0.330 e. The van der Waals surface area contributed by atoms with Gasteiger partial charge in [0.1, 0.15) is 12.4 Å². The van der Waals surface area contributed by atoms with Crippen LogP contribution in [-0.4, -0.2) is 30.1 Å². The first-order valence-electron chi connectivity index (χ1n) is 5.55. The van der Waals surface area contributed by atoms with Crippen LogP contribution in [0, 0.1) is 5.82 Å². The van der Waals surface area contributed by atoms with E-state index >= 15 is 0 Å². The van der Waals surface area contributed by atoms with E-state index in [1.54, 1.807) is 6.92 Å². The largest absolute Gasteiger partial charge is 0.406 e. The SMILES string of the molecule is CCCN(CC(F)(F)F)C(=O)c1ccc(Br)c(F)c1. The topological polar surface area (TPSA) is 20.3 Å². The van der Waals surface area contributed by atoms with Crippen molar-refractivity contribution >= 4 is 21.8 Å². The summed E-state index contributed by atoms with van der Waals surface area (Å²) in [5, 5.41) is 0. The Hall–Kier alpha value is -1.11. The third kappa shape index (κ3) is 4.81. The minimum atomic E-state index is -4.47. The molecule has 7 heteroatoms. The second kappa shape index (κ2) is 6.36. The fourth-order valence-corrected chi connectivity index (χ4v) is 1.80. The van der Waals surface area contributed by atoms with Gasteiger partial charge in [-0.3, -0.25) is 4.79 Å². The van der Waals surface area contributed by atoms with Gasteiger partial charge in [0, 0.05) is 12.1 Å². The van der Waals surface area contributed by atoms with Crippen LogP contribution >= 0.6 is 15.9 Å². The zero-order chi connectivity index (χ0) is 14.6. The maximum Gasteiger partial charge on any atom is 0.406 e. The molecule has 2 nitrogen and oxygen atoms in total. The lowest BCUT2D eigenvalue weighted by Crippen LogP contribution is -2.39. The van der Waals surface area contributed by atoms with E-state index in [1.165, 1.54) is 12.1 Å². The summed E-state index contributed by atoms with van der Waals surface area (Å²) in [6.45, 7) is 0.298. The summed E-state index contributed by atoms with van der Waals surface area (Å²) in [7, 11) is 0. The smallest absolute Gasteiger partial charge is 0.330 e. The standard InChI is InChI=1S/C12H12BrF4NO/c1-2-5-18(7-12(15,16)17)11(19)8-3-4-9(13)10(14)6-8/h3-4,6H,2,5,7H2,1H3. The highest BCUT2D eigenvalue weighted by Crippen LogP contribution is 2.21. The normalized spacial score (nSPS) is 11.5. The van der Waals surface area contributed by atoms with Crippen LogP contribution in [0.15, 0.2) is 22.7 Å². The molecule has 0 aliphatic heterocycles. The van der Waals surface area contributed by atoms with Gasteiger partial charge >= 0.3 is 6.18 Å². The van der Waals surface area contributed by atoms with Crippen molar-refractivity contribution in [2.24, 2.45) is 0 Å². The van der Waals surface area contributed by atoms with Gasteiger partial charge in [-0.25, -0.2) is 4.39 Å². The van der Waals surface area contributed by atoms with Gasteiger partial charge in [-0.2, -0.15) is 13.2 Å². The Labute approximate surface area is 116 Å². The molecule has 0 unspecified atom stereocenters. The van der Waals surface area contributed by atoms with Crippen LogP contribution in [0.5, 0.6) is 0 Å². The first kappa shape index (κ1) is 15.9. The van der Waals surface area contributed by atoms with Crippen molar-refractivity contribution in [1.29, 1.82) is 0 Å². The highest BCUT2D eigenvalue weighted by Gasteiger charge is 2.33. The van der Waals surface area contributed by atoms with E-state index in [0.717, 1.165) is 6.07 Å². The van der Waals surface area contributed by atoms with Crippen molar-refractivity contribution in [3.63, 3.8) is 0 Å². The minimum absolute atomic E-state index is 0.0317. The monoisotopic (exact) mass is 341 g/mol. The molecule has 1 amide bonds. The predicted molar refractivity (Wildman–Crippen MR) is 66.3 cm³/mol. The number of alkyl halides is 3. The van der Waals surface area contributed by atoms with Crippen LogP contribution in [-0.2, 0) is 0 Å². The summed E-state index contributed by atoms with van der Waals surface area (Å²) >= 11 is 2.92. The lowest BCUT2D eigenvalue weighted by Gasteiger charge is -2.23. The molecule has 106 valence electrons. The van der Waals surface area contributed by atoms with Crippen molar-refractivity contribution in [2.45, 2.75) is 19.5 Å². The van der Waals surface area contributed by atoms with Gasteiger partial charge in [0.2, 0.25) is 0 Å². The molecule has 0 heterocycles. The Morgan fingerprint density at radius 1 is 1.37 bits per heavy atom. The van der Waals surface area contributed by atoms with Crippen molar-refractivity contribution in [2.75, 3.05) is 13.1 Å². The number of rotatable bonds is 4. The first-order chi connectivity index (χ1) is 8.74. The highest BCUT2D eigenvalue weighted by molar-refractivity contribution is 9.10. The van der Waals surface area contributed by atoms with E-state index in [2.05, 4.69) is 15.9 Å². The quantitative estimate of drug-likeness (QED) is 0.758. The summed E-state index contributed by atoms with van der Waals surface area (Å²) in [6, 6.07) is 3.50. The molecule has 0 radical (unpaired) electrons. The van der Waals surface area contributed by atoms with Gasteiger partial charge in [0.05, 0.1) is 4.47 Å². The first-order valence-corrected chi connectivity index (χ1v) is 6.35. The van der Waals surface area contributed by atoms with Gasteiger partial charge in [-0.05, 0) is 40.5 Å². The molecule has 0 saturated heterocycles. The summed E-state index contributed by atoms with van der Waals surface area (Å²) in [5.41, 5.74) is -0.0987. The van der Waals surface area contributed by atoms with E-state index in [9.17, 15) is 22.4 Å². The van der Waals surface area contributed by atoms with Crippen LogP contribution in [0.4, 0.5) is 17.6 Å². The number of carbonyl (C=O) groups excluding carboxylic acids is 1. The van der Waals surface area contributed by atoms with Gasteiger partial charge in [0.15, 0.2) is 0 Å². The second-order valence-corrected chi connectivity index (χ2v) is 4.83. The molecule has 0 saturated carbocycles. The van der Waals surface area contributed by atoms with E-state index in [0.29, 0.717) is 11.3 Å². The average Bonchev–Trinajstić information content (AvgIpc) is 2.29. The zero-order valence-electron chi connectivity index (χ0n) is 10.1. The molecule has 0 spiro atoms.